The van der Waals surface area contributed by atoms with E-state index in [-0.39, 0.29) is 0 Å². The van der Waals surface area contributed by atoms with Crippen LogP contribution in [0.15, 0.2) is 156 Å². The molecule has 0 fully saturated rings. The lowest BCUT2D eigenvalue weighted by Gasteiger charge is -2.10. The fourth-order valence-corrected chi connectivity index (χ4v) is 8.42. The fraction of sp³-hybridized carbons (Fsp3) is 0. The maximum Gasteiger partial charge on any atom is 0.136 e. The van der Waals surface area contributed by atoms with Crippen LogP contribution in [0, 0.1) is 0 Å². The van der Waals surface area contributed by atoms with Crippen LogP contribution >= 0.6 is 11.3 Å². The highest BCUT2D eigenvalue weighted by Crippen LogP contribution is 2.45. The van der Waals surface area contributed by atoms with E-state index in [0.717, 1.165) is 21.9 Å². The van der Waals surface area contributed by atoms with Gasteiger partial charge in [0.15, 0.2) is 0 Å². The third kappa shape index (κ3) is 3.62. The molecule has 3 heterocycles. The van der Waals surface area contributed by atoms with Crippen molar-refractivity contribution < 1.29 is 4.42 Å². The van der Waals surface area contributed by atoms with Gasteiger partial charge in [0.25, 0.3) is 0 Å². The Morgan fingerprint density at radius 2 is 1.18 bits per heavy atom. The van der Waals surface area contributed by atoms with Crippen molar-refractivity contribution >= 4 is 75.3 Å². The quantitative estimate of drug-likeness (QED) is 0.200. The van der Waals surface area contributed by atoms with Crippen molar-refractivity contribution in [2.24, 2.45) is 0 Å². The molecule has 0 saturated heterocycles. The molecular weight excluding hydrogens is 567 g/mol. The maximum absolute atomic E-state index is 6.28. The molecule has 3 heteroatoms. The first-order valence-electron chi connectivity index (χ1n) is 15.3. The van der Waals surface area contributed by atoms with Crippen LogP contribution in [0.3, 0.4) is 0 Å². The van der Waals surface area contributed by atoms with Crippen LogP contribution in [0.25, 0.3) is 91.9 Å². The van der Waals surface area contributed by atoms with Crippen molar-refractivity contribution in [1.82, 2.24) is 4.57 Å². The van der Waals surface area contributed by atoms with Gasteiger partial charge in [0.2, 0.25) is 0 Å². The highest BCUT2D eigenvalue weighted by Gasteiger charge is 2.19. The number of fused-ring (bicyclic) bond motifs is 9. The van der Waals surface area contributed by atoms with Crippen LogP contribution in [-0.4, -0.2) is 4.57 Å². The number of furan rings is 1. The molecular formula is C42H25NOS. The minimum atomic E-state index is 0.922. The minimum absolute atomic E-state index is 0.922. The summed E-state index contributed by atoms with van der Waals surface area (Å²) in [6.07, 6.45) is 0. The standard InChI is InChI=1S/C42H25NOS/c1-2-10-26(11-3-1)27-21-23-36-34(24-27)30-12-4-6-16-35(30)43(36)37-17-8-15-33-41-29(14-9-19-40(41)45-42(33)37)28-20-22-32-31-13-5-7-18-38(31)44-39(32)25-28/h1-25H. The fourth-order valence-electron chi connectivity index (χ4n) is 7.19. The number of nitrogens with zero attached hydrogens (tertiary/aromatic N) is 1. The number of rotatable bonds is 3. The van der Waals surface area contributed by atoms with E-state index < -0.39 is 0 Å². The molecule has 210 valence electrons. The number of thiophene rings is 1. The van der Waals surface area contributed by atoms with Gasteiger partial charge in [0.1, 0.15) is 11.2 Å². The minimum Gasteiger partial charge on any atom is -0.456 e. The van der Waals surface area contributed by atoms with E-state index >= 15 is 0 Å². The molecule has 0 amide bonds. The molecule has 0 bridgehead atoms. The normalized spacial score (nSPS) is 12.0. The molecule has 0 N–H and O–H groups in total. The van der Waals surface area contributed by atoms with Crippen molar-refractivity contribution in [3.05, 3.63) is 152 Å². The Bertz CT molecular complexity index is 2760. The van der Waals surface area contributed by atoms with Gasteiger partial charge in [-0.1, -0.05) is 103 Å². The largest absolute Gasteiger partial charge is 0.456 e. The molecule has 7 aromatic carbocycles. The third-order valence-electron chi connectivity index (χ3n) is 9.21. The number of para-hydroxylation sites is 2. The predicted molar refractivity (Wildman–Crippen MR) is 192 cm³/mol. The van der Waals surface area contributed by atoms with E-state index in [1.807, 2.05) is 23.5 Å². The summed E-state index contributed by atoms with van der Waals surface area (Å²) >= 11 is 1.88. The zero-order valence-electron chi connectivity index (χ0n) is 24.2. The third-order valence-corrected chi connectivity index (χ3v) is 10.4. The van der Waals surface area contributed by atoms with Gasteiger partial charge in [-0.25, -0.2) is 0 Å². The van der Waals surface area contributed by atoms with Gasteiger partial charge in [0.05, 0.1) is 21.4 Å². The monoisotopic (exact) mass is 591 g/mol. The second-order valence-corrected chi connectivity index (χ2v) is 12.7. The van der Waals surface area contributed by atoms with Gasteiger partial charge >= 0.3 is 0 Å². The second-order valence-electron chi connectivity index (χ2n) is 11.7. The maximum atomic E-state index is 6.28. The lowest BCUT2D eigenvalue weighted by Crippen LogP contribution is -1.93. The van der Waals surface area contributed by atoms with Crippen LogP contribution in [0.5, 0.6) is 0 Å². The number of hydrogen-bond acceptors (Lipinski definition) is 2. The van der Waals surface area contributed by atoms with Crippen LogP contribution in [0.4, 0.5) is 0 Å². The van der Waals surface area contributed by atoms with Crippen molar-refractivity contribution in [3.63, 3.8) is 0 Å². The summed E-state index contributed by atoms with van der Waals surface area (Å²) in [6, 6.07) is 54.7. The molecule has 3 aromatic heterocycles. The topological polar surface area (TPSA) is 18.1 Å². The van der Waals surface area contributed by atoms with Crippen LogP contribution in [-0.2, 0) is 0 Å². The predicted octanol–water partition coefficient (Wildman–Crippen LogP) is 12.4. The van der Waals surface area contributed by atoms with Crippen LogP contribution in [0.1, 0.15) is 0 Å². The molecule has 0 saturated carbocycles. The lowest BCUT2D eigenvalue weighted by molar-refractivity contribution is 0.669. The van der Waals surface area contributed by atoms with Crippen molar-refractivity contribution in [2.75, 3.05) is 0 Å². The first-order valence-corrected chi connectivity index (χ1v) is 16.1. The summed E-state index contributed by atoms with van der Waals surface area (Å²) in [5.74, 6) is 0. The van der Waals surface area contributed by atoms with E-state index in [1.165, 1.54) is 69.9 Å². The summed E-state index contributed by atoms with van der Waals surface area (Å²) < 4.78 is 11.3. The van der Waals surface area contributed by atoms with E-state index in [0.29, 0.717) is 0 Å². The zero-order chi connectivity index (χ0) is 29.5. The molecule has 45 heavy (non-hydrogen) atoms. The van der Waals surface area contributed by atoms with Gasteiger partial charge < -0.3 is 8.98 Å². The lowest BCUT2D eigenvalue weighted by atomic mass is 9.98. The van der Waals surface area contributed by atoms with Gasteiger partial charge in [-0.05, 0) is 70.8 Å². The second kappa shape index (κ2) is 9.43. The SMILES string of the molecule is c1ccc(-c2ccc3c(c2)c2ccccc2n3-c2cccc3c2sc2cccc(-c4ccc5c(c4)oc4ccccc45)c23)cc1. The summed E-state index contributed by atoms with van der Waals surface area (Å²) in [6.45, 7) is 0. The Kier molecular flexibility index (Phi) is 5.19. The Labute approximate surface area is 263 Å². The molecule has 2 nitrogen and oxygen atoms in total. The number of benzene rings is 7. The zero-order valence-corrected chi connectivity index (χ0v) is 25.0. The molecule has 10 aromatic rings. The Balaban J connectivity index is 1.21. The van der Waals surface area contributed by atoms with Gasteiger partial charge in [-0.2, -0.15) is 0 Å². The van der Waals surface area contributed by atoms with Crippen molar-refractivity contribution in [1.29, 1.82) is 0 Å². The van der Waals surface area contributed by atoms with E-state index in [2.05, 4.69) is 144 Å². The highest BCUT2D eigenvalue weighted by atomic mass is 32.1. The van der Waals surface area contributed by atoms with E-state index in [4.69, 9.17) is 4.42 Å². The van der Waals surface area contributed by atoms with Crippen molar-refractivity contribution in [2.45, 2.75) is 0 Å². The van der Waals surface area contributed by atoms with E-state index in [9.17, 15) is 0 Å². The molecule has 0 aliphatic heterocycles. The molecule has 0 aliphatic carbocycles. The Morgan fingerprint density at radius 1 is 0.444 bits per heavy atom. The molecule has 0 aliphatic rings. The van der Waals surface area contributed by atoms with Gasteiger partial charge in [-0.15, -0.1) is 11.3 Å². The number of aromatic nitrogens is 1. The first kappa shape index (κ1) is 24.8. The number of hydrogen-bond donors (Lipinski definition) is 0. The van der Waals surface area contributed by atoms with Crippen LogP contribution in [0.2, 0.25) is 0 Å². The first-order chi connectivity index (χ1) is 22.3. The Morgan fingerprint density at radius 3 is 2.11 bits per heavy atom. The molecule has 0 atom stereocenters. The Hall–Kier alpha value is -5.64. The molecule has 0 radical (unpaired) electrons. The summed E-state index contributed by atoms with van der Waals surface area (Å²) in [4.78, 5) is 0. The summed E-state index contributed by atoms with van der Waals surface area (Å²) in [7, 11) is 0. The molecule has 0 spiro atoms. The summed E-state index contributed by atoms with van der Waals surface area (Å²) in [5.41, 5.74) is 10.4. The highest BCUT2D eigenvalue weighted by molar-refractivity contribution is 7.26. The smallest absolute Gasteiger partial charge is 0.136 e. The average Bonchev–Trinajstić information content (AvgIpc) is 3.77. The van der Waals surface area contributed by atoms with Gasteiger partial charge in [0, 0.05) is 37.0 Å². The molecule has 10 rings (SSSR count). The van der Waals surface area contributed by atoms with Crippen LogP contribution < -0.4 is 0 Å². The molecule has 0 unspecified atom stereocenters. The summed E-state index contributed by atoms with van der Waals surface area (Å²) in [5, 5.41) is 7.42. The van der Waals surface area contributed by atoms with Gasteiger partial charge in [-0.3, -0.25) is 0 Å². The van der Waals surface area contributed by atoms with Crippen molar-refractivity contribution in [3.8, 4) is 27.9 Å². The van der Waals surface area contributed by atoms with E-state index in [1.54, 1.807) is 0 Å². The average molecular weight is 592 g/mol.